The van der Waals surface area contributed by atoms with Crippen molar-refractivity contribution in [2.24, 2.45) is 0 Å². The maximum atomic E-state index is 13.4. The van der Waals surface area contributed by atoms with Crippen molar-refractivity contribution in [2.75, 3.05) is 13.2 Å². The van der Waals surface area contributed by atoms with E-state index in [4.69, 9.17) is 16.3 Å². The Morgan fingerprint density at radius 3 is 2.74 bits per heavy atom. The van der Waals surface area contributed by atoms with Crippen LogP contribution in [0.1, 0.15) is 32.8 Å². The van der Waals surface area contributed by atoms with Gasteiger partial charge >= 0.3 is 0 Å². The van der Waals surface area contributed by atoms with Crippen LogP contribution in [0.2, 0.25) is 5.02 Å². The molecule has 1 aromatic rings. The molecule has 0 fully saturated rings. The van der Waals surface area contributed by atoms with Crippen molar-refractivity contribution in [3.8, 4) is 0 Å². The predicted molar refractivity (Wildman–Crippen MR) is 78.3 cm³/mol. The van der Waals surface area contributed by atoms with Gasteiger partial charge in [-0.2, -0.15) is 0 Å². The zero-order valence-electron chi connectivity index (χ0n) is 11.9. The van der Waals surface area contributed by atoms with Crippen LogP contribution in [-0.4, -0.2) is 25.3 Å². The van der Waals surface area contributed by atoms with Crippen LogP contribution in [0.15, 0.2) is 18.2 Å². The Morgan fingerprint density at radius 2 is 2.11 bits per heavy atom. The summed E-state index contributed by atoms with van der Waals surface area (Å²) in [4.78, 5) is 0. The van der Waals surface area contributed by atoms with Gasteiger partial charge in [-0.25, -0.2) is 4.39 Å². The van der Waals surface area contributed by atoms with E-state index in [1.165, 1.54) is 6.07 Å². The van der Waals surface area contributed by atoms with E-state index >= 15 is 0 Å². The van der Waals surface area contributed by atoms with E-state index < -0.39 is 0 Å². The number of halogens is 2. The van der Waals surface area contributed by atoms with Crippen LogP contribution in [0.3, 0.4) is 0 Å². The number of nitrogens with one attached hydrogen (secondary N) is 1. The summed E-state index contributed by atoms with van der Waals surface area (Å²) in [5.74, 6) is -0.363. The SMILES string of the molecule is CCCNC(Cc1cccc(F)c1Cl)C(C)OCC. The van der Waals surface area contributed by atoms with Crippen LogP contribution < -0.4 is 5.32 Å². The first-order chi connectivity index (χ1) is 9.10. The number of benzene rings is 1. The van der Waals surface area contributed by atoms with Gasteiger partial charge in [-0.05, 0) is 44.9 Å². The average Bonchev–Trinajstić information content (AvgIpc) is 2.39. The van der Waals surface area contributed by atoms with Crippen LogP contribution in [0, 0.1) is 5.82 Å². The van der Waals surface area contributed by atoms with E-state index in [0.717, 1.165) is 18.5 Å². The van der Waals surface area contributed by atoms with Crippen molar-refractivity contribution in [1.82, 2.24) is 5.32 Å². The van der Waals surface area contributed by atoms with Gasteiger partial charge in [-0.15, -0.1) is 0 Å². The lowest BCUT2D eigenvalue weighted by molar-refractivity contribution is 0.0476. The van der Waals surface area contributed by atoms with Gasteiger partial charge < -0.3 is 10.1 Å². The Balaban J connectivity index is 2.78. The largest absolute Gasteiger partial charge is 0.377 e. The maximum Gasteiger partial charge on any atom is 0.142 e. The monoisotopic (exact) mass is 287 g/mol. The lowest BCUT2D eigenvalue weighted by Gasteiger charge is -2.25. The van der Waals surface area contributed by atoms with Crippen molar-refractivity contribution >= 4 is 11.6 Å². The molecule has 0 aliphatic carbocycles. The third kappa shape index (κ3) is 5.09. The van der Waals surface area contributed by atoms with Gasteiger partial charge in [-0.1, -0.05) is 30.7 Å². The van der Waals surface area contributed by atoms with E-state index in [-0.39, 0.29) is 23.0 Å². The molecular formula is C15H23ClFNO. The first kappa shape index (κ1) is 16.4. The topological polar surface area (TPSA) is 21.3 Å². The molecule has 0 spiro atoms. The zero-order chi connectivity index (χ0) is 14.3. The molecule has 1 rings (SSSR count). The second-order valence-electron chi connectivity index (χ2n) is 4.64. The second-order valence-corrected chi connectivity index (χ2v) is 5.02. The van der Waals surface area contributed by atoms with Crippen molar-refractivity contribution in [2.45, 2.75) is 45.8 Å². The highest BCUT2D eigenvalue weighted by molar-refractivity contribution is 6.31. The summed E-state index contributed by atoms with van der Waals surface area (Å²) in [5, 5.41) is 3.66. The lowest BCUT2D eigenvalue weighted by atomic mass is 10.0. The first-order valence-electron chi connectivity index (χ1n) is 6.88. The standard InChI is InChI=1S/C15H23ClFNO/c1-4-9-18-14(11(3)19-5-2)10-12-7-6-8-13(17)15(12)16/h6-8,11,14,18H,4-5,9-10H2,1-3H3. The molecule has 0 aliphatic heterocycles. The molecule has 4 heteroatoms. The fraction of sp³-hybridized carbons (Fsp3) is 0.600. The molecule has 0 heterocycles. The van der Waals surface area contributed by atoms with E-state index in [1.54, 1.807) is 6.07 Å². The molecular weight excluding hydrogens is 265 g/mol. The normalized spacial score (nSPS) is 14.4. The van der Waals surface area contributed by atoms with Gasteiger partial charge in [0, 0.05) is 12.6 Å². The lowest BCUT2D eigenvalue weighted by Crippen LogP contribution is -2.42. The van der Waals surface area contributed by atoms with Crippen molar-refractivity contribution in [3.63, 3.8) is 0 Å². The summed E-state index contributed by atoms with van der Waals surface area (Å²) >= 11 is 6.01. The van der Waals surface area contributed by atoms with Gasteiger partial charge in [0.1, 0.15) is 5.82 Å². The Labute approximate surface area is 120 Å². The molecule has 0 aromatic heterocycles. The summed E-state index contributed by atoms with van der Waals surface area (Å²) in [7, 11) is 0. The number of rotatable bonds is 8. The predicted octanol–water partition coefficient (Wildman–Crippen LogP) is 3.81. The Bertz CT molecular complexity index is 386. The van der Waals surface area contributed by atoms with Gasteiger partial charge in [0.25, 0.3) is 0 Å². The van der Waals surface area contributed by atoms with E-state index in [1.807, 2.05) is 19.9 Å². The molecule has 2 unspecified atom stereocenters. The molecule has 0 saturated heterocycles. The number of ether oxygens (including phenoxy) is 1. The van der Waals surface area contributed by atoms with Gasteiger partial charge in [0.15, 0.2) is 0 Å². The van der Waals surface area contributed by atoms with Crippen LogP contribution in [0.5, 0.6) is 0 Å². The van der Waals surface area contributed by atoms with Gasteiger partial charge in [0.05, 0.1) is 11.1 Å². The third-order valence-corrected chi connectivity index (χ3v) is 3.55. The fourth-order valence-corrected chi connectivity index (χ4v) is 2.26. The fourth-order valence-electron chi connectivity index (χ4n) is 2.06. The molecule has 1 N–H and O–H groups in total. The summed E-state index contributed by atoms with van der Waals surface area (Å²) in [5.41, 5.74) is 0.821. The molecule has 0 saturated carbocycles. The van der Waals surface area contributed by atoms with Crippen LogP contribution >= 0.6 is 11.6 Å². The molecule has 2 nitrogen and oxygen atoms in total. The number of hydrogen-bond donors (Lipinski definition) is 1. The molecule has 2 atom stereocenters. The first-order valence-corrected chi connectivity index (χ1v) is 7.25. The summed E-state index contributed by atoms with van der Waals surface area (Å²) in [6, 6.07) is 5.08. The molecule has 0 aliphatic rings. The van der Waals surface area contributed by atoms with Crippen LogP contribution in [0.4, 0.5) is 4.39 Å². The maximum absolute atomic E-state index is 13.4. The molecule has 108 valence electrons. The van der Waals surface area contributed by atoms with Gasteiger partial charge in [-0.3, -0.25) is 0 Å². The Hall–Kier alpha value is -0.640. The van der Waals surface area contributed by atoms with E-state index in [9.17, 15) is 4.39 Å². The highest BCUT2D eigenvalue weighted by Gasteiger charge is 2.19. The Kier molecular flexibility index (Phi) is 7.36. The van der Waals surface area contributed by atoms with E-state index in [0.29, 0.717) is 13.0 Å². The van der Waals surface area contributed by atoms with Crippen LogP contribution in [0.25, 0.3) is 0 Å². The van der Waals surface area contributed by atoms with Crippen molar-refractivity contribution < 1.29 is 9.13 Å². The van der Waals surface area contributed by atoms with Crippen LogP contribution in [-0.2, 0) is 11.2 Å². The summed E-state index contributed by atoms with van der Waals surface area (Å²) in [6.07, 6.45) is 1.78. The highest BCUT2D eigenvalue weighted by Crippen LogP contribution is 2.22. The minimum atomic E-state index is -0.363. The summed E-state index contributed by atoms with van der Waals surface area (Å²) < 4.78 is 19.1. The summed E-state index contributed by atoms with van der Waals surface area (Å²) in [6.45, 7) is 7.70. The quantitative estimate of drug-likeness (QED) is 0.785. The molecule has 19 heavy (non-hydrogen) atoms. The number of hydrogen-bond acceptors (Lipinski definition) is 2. The van der Waals surface area contributed by atoms with Gasteiger partial charge in [0.2, 0.25) is 0 Å². The highest BCUT2D eigenvalue weighted by atomic mass is 35.5. The average molecular weight is 288 g/mol. The minimum absolute atomic E-state index is 0.0656. The second kappa shape index (κ2) is 8.51. The molecule has 0 radical (unpaired) electrons. The molecule has 0 bridgehead atoms. The smallest absolute Gasteiger partial charge is 0.142 e. The minimum Gasteiger partial charge on any atom is -0.377 e. The van der Waals surface area contributed by atoms with Crippen molar-refractivity contribution in [3.05, 3.63) is 34.6 Å². The van der Waals surface area contributed by atoms with Crippen molar-refractivity contribution in [1.29, 1.82) is 0 Å². The third-order valence-electron chi connectivity index (χ3n) is 3.12. The van der Waals surface area contributed by atoms with E-state index in [2.05, 4.69) is 12.2 Å². The molecule has 1 aromatic carbocycles. The molecule has 0 amide bonds. The Morgan fingerprint density at radius 1 is 1.37 bits per heavy atom. The zero-order valence-corrected chi connectivity index (χ0v) is 12.6.